The highest BCUT2D eigenvalue weighted by atomic mass is 35.5. The van der Waals surface area contributed by atoms with Crippen molar-refractivity contribution in [2.24, 2.45) is 0 Å². The minimum atomic E-state index is 0.616. The highest BCUT2D eigenvalue weighted by Gasteiger charge is 2.03. The van der Waals surface area contributed by atoms with Gasteiger partial charge >= 0.3 is 0 Å². The zero-order chi connectivity index (χ0) is 10.7. The lowest BCUT2D eigenvalue weighted by atomic mass is 10.1. The van der Waals surface area contributed by atoms with Gasteiger partial charge in [0.25, 0.3) is 0 Å². The second kappa shape index (κ2) is 4.32. The lowest BCUT2D eigenvalue weighted by Gasteiger charge is -2.06. The topological polar surface area (TPSA) is 22.1 Å². The molecule has 0 aliphatic carbocycles. The minimum absolute atomic E-state index is 0.616. The molecule has 1 aromatic carbocycles. The molecule has 2 nitrogen and oxygen atoms in total. The Morgan fingerprint density at radius 3 is 2.73 bits per heavy atom. The van der Waals surface area contributed by atoms with Crippen LogP contribution < -0.4 is 4.74 Å². The van der Waals surface area contributed by atoms with Gasteiger partial charge < -0.3 is 4.74 Å². The first kappa shape index (κ1) is 9.99. The molecule has 0 amide bonds. The number of nitrogens with zero attached hydrogens (tertiary/aromatic N) is 1. The Labute approximate surface area is 93.5 Å². The monoisotopic (exact) mass is 219 g/mol. The van der Waals surface area contributed by atoms with Gasteiger partial charge in [0, 0.05) is 18.0 Å². The summed E-state index contributed by atoms with van der Waals surface area (Å²) in [6.45, 7) is 0. The normalized spacial score (nSPS) is 10.0. The summed E-state index contributed by atoms with van der Waals surface area (Å²) in [5.41, 5.74) is 2.09. The molecule has 0 fully saturated rings. The van der Waals surface area contributed by atoms with Crippen molar-refractivity contribution in [1.29, 1.82) is 0 Å². The number of benzene rings is 1. The maximum Gasteiger partial charge on any atom is 0.138 e. The third-order valence-electron chi connectivity index (χ3n) is 2.15. The molecule has 15 heavy (non-hydrogen) atoms. The third kappa shape index (κ3) is 2.10. The van der Waals surface area contributed by atoms with E-state index in [-0.39, 0.29) is 0 Å². The van der Waals surface area contributed by atoms with Gasteiger partial charge in [0.2, 0.25) is 0 Å². The highest BCUT2D eigenvalue weighted by Crippen LogP contribution is 2.29. The average molecular weight is 220 g/mol. The Kier molecular flexibility index (Phi) is 2.88. The number of hydrogen-bond acceptors (Lipinski definition) is 2. The van der Waals surface area contributed by atoms with E-state index in [0.29, 0.717) is 10.8 Å². The fraction of sp³-hybridized carbons (Fsp3) is 0.0833. The summed E-state index contributed by atoms with van der Waals surface area (Å²) >= 11 is 5.94. The number of rotatable bonds is 2. The lowest BCUT2D eigenvalue weighted by Crippen LogP contribution is -1.85. The van der Waals surface area contributed by atoms with Crippen LogP contribution in [-0.4, -0.2) is 12.1 Å². The fourth-order valence-corrected chi connectivity index (χ4v) is 1.57. The summed E-state index contributed by atoms with van der Waals surface area (Å²) in [5.74, 6) is 0.679. The van der Waals surface area contributed by atoms with E-state index in [1.165, 1.54) is 0 Å². The number of aromatic nitrogens is 1. The molecule has 0 aliphatic heterocycles. The molecule has 0 N–H and O–H groups in total. The van der Waals surface area contributed by atoms with Crippen LogP contribution in [0.2, 0.25) is 5.02 Å². The van der Waals surface area contributed by atoms with Gasteiger partial charge in [0.05, 0.1) is 12.1 Å². The maximum absolute atomic E-state index is 5.94. The molecule has 1 heterocycles. The van der Waals surface area contributed by atoms with E-state index in [4.69, 9.17) is 16.3 Å². The van der Waals surface area contributed by atoms with Crippen LogP contribution in [-0.2, 0) is 0 Å². The Bertz CT molecular complexity index is 456. The van der Waals surface area contributed by atoms with Crippen molar-refractivity contribution in [3.05, 3.63) is 47.7 Å². The average Bonchev–Trinajstić information content (AvgIpc) is 2.31. The van der Waals surface area contributed by atoms with E-state index in [2.05, 4.69) is 4.98 Å². The first-order valence-electron chi connectivity index (χ1n) is 4.55. The first-order valence-corrected chi connectivity index (χ1v) is 4.93. The van der Waals surface area contributed by atoms with Crippen molar-refractivity contribution in [1.82, 2.24) is 4.98 Å². The standard InChI is InChI=1S/C12H10ClNO/c1-15-12-7-9(4-5-11(12)13)10-3-2-6-14-8-10/h2-8H,1H3. The van der Waals surface area contributed by atoms with Gasteiger partial charge in [-0.25, -0.2) is 0 Å². The Hall–Kier alpha value is -1.54. The molecule has 3 heteroatoms. The predicted molar refractivity (Wildman–Crippen MR) is 61.2 cm³/mol. The highest BCUT2D eigenvalue weighted by molar-refractivity contribution is 6.32. The summed E-state index contributed by atoms with van der Waals surface area (Å²) in [7, 11) is 1.61. The van der Waals surface area contributed by atoms with E-state index in [0.717, 1.165) is 11.1 Å². The maximum atomic E-state index is 5.94. The van der Waals surface area contributed by atoms with Crippen molar-refractivity contribution >= 4 is 11.6 Å². The number of hydrogen-bond donors (Lipinski definition) is 0. The van der Waals surface area contributed by atoms with Crippen molar-refractivity contribution in [3.63, 3.8) is 0 Å². The van der Waals surface area contributed by atoms with Crippen LogP contribution in [0, 0.1) is 0 Å². The SMILES string of the molecule is COc1cc(-c2cccnc2)ccc1Cl. The number of ether oxygens (including phenoxy) is 1. The van der Waals surface area contributed by atoms with Gasteiger partial charge in [0.15, 0.2) is 0 Å². The zero-order valence-electron chi connectivity index (χ0n) is 8.27. The van der Waals surface area contributed by atoms with E-state index in [9.17, 15) is 0 Å². The Morgan fingerprint density at radius 1 is 1.20 bits per heavy atom. The summed E-state index contributed by atoms with van der Waals surface area (Å²) in [4.78, 5) is 4.07. The van der Waals surface area contributed by atoms with Gasteiger partial charge in [-0.3, -0.25) is 4.98 Å². The van der Waals surface area contributed by atoms with E-state index in [1.54, 1.807) is 13.3 Å². The Morgan fingerprint density at radius 2 is 2.07 bits per heavy atom. The van der Waals surface area contributed by atoms with Crippen LogP contribution in [0.5, 0.6) is 5.75 Å². The van der Waals surface area contributed by atoms with Crippen LogP contribution in [0.3, 0.4) is 0 Å². The lowest BCUT2D eigenvalue weighted by molar-refractivity contribution is 0.415. The third-order valence-corrected chi connectivity index (χ3v) is 2.46. The molecule has 2 rings (SSSR count). The minimum Gasteiger partial charge on any atom is -0.495 e. The van der Waals surface area contributed by atoms with Gasteiger partial charge in [-0.1, -0.05) is 23.7 Å². The van der Waals surface area contributed by atoms with E-state index >= 15 is 0 Å². The largest absolute Gasteiger partial charge is 0.495 e. The predicted octanol–water partition coefficient (Wildman–Crippen LogP) is 3.41. The molecule has 0 aliphatic rings. The smallest absolute Gasteiger partial charge is 0.138 e. The fourth-order valence-electron chi connectivity index (χ4n) is 1.37. The molecule has 1 aromatic heterocycles. The van der Waals surface area contributed by atoms with Crippen LogP contribution in [0.15, 0.2) is 42.7 Å². The molecule has 0 radical (unpaired) electrons. The summed E-state index contributed by atoms with van der Waals surface area (Å²) in [5, 5.41) is 0.616. The molecule has 0 unspecified atom stereocenters. The van der Waals surface area contributed by atoms with E-state index < -0.39 is 0 Å². The van der Waals surface area contributed by atoms with Gasteiger partial charge in [0.1, 0.15) is 5.75 Å². The number of methoxy groups -OCH3 is 1. The van der Waals surface area contributed by atoms with Gasteiger partial charge in [-0.2, -0.15) is 0 Å². The van der Waals surface area contributed by atoms with Crippen molar-refractivity contribution < 1.29 is 4.74 Å². The molecule has 2 aromatic rings. The molecule has 0 saturated carbocycles. The number of halogens is 1. The van der Waals surface area contributed by atoms with Gasteiger partial charge in [-0.15, -0.1) is 0 Å². The molecule has 0 saturated heterocycles. The quantitative estimate of drug-likeness (QED) is 0.772. The summed E-state index contributed by atoms with van der Waals surface area (Å²) < 4.78 is 5.15. The van der Waals surface area contributed by atoms with Crippen molar-refractivity contribution in [2.75, 3.05) is 7.11 Å². The molecular formula is C12H10ClNO. The van der Waals surface area contributed by atoms with Crippen molar-refractivity contribution in [2.45, 2.75) is 0 Å². The van der Waals surface area contributed by atoms with Crippen molar-refractivity contribution in [3.8, 4) is 16.9 Å². The van der Waals surface area contributed by atoms with Crippen LogP contribution in [0.4, 0.5) is 0 Å². The number of pyridine rings is 1. The van der Waals surface area contributed by atoms with Crippen LogP contribution >= 0.6 is 11.6 Å². The molecule has 76 valence electrons. The van der Waals surface area contributed by atoms with Gasteiger partial charge in [-0.05, 0) is 23.8 Å². The summed E-state index contributed by atoms with van der Waals surface area (Å²) in [6.07, 6.45) is 3.55. The van der Waals surface area contributed by atoms with Crippen LogP contribution in [0.1, 0.15) is 0 Å². The first-order chi connectivity index (χ1) is 7.31. The zero-order valence-corrected chi connectivity index (χ0v) is 9.03. The van der Waals surface area contributed by atoms with Crippen LogP contribution in [0.25, 0.3) is 11.1 Å². The molecule has 0 atom stereocenters. The van der Waals surface area contributed by atoms with E-state index in [1.807, 2.05) is 36.5 Å². The molecule has 0 spiro atoms. The summed E-state index contributed by atoms with van der Waals surface area (Å²) in [6, 6.07) is 9.57. The molecule has 0 bridgehead atoms. The second-order valence-corrected chi connectivity index (χ2v) is 3.50. The molecular weight excluding hydrogens is 210 g/mol. The second-order valence-electron chi connectivity index (χ2n) is 3.09. The Balaban J connectivity index is 2.46.